The topological polar surface area (TPSA) is 61.4 Å². The van der Waals surface area contributed by atoms with Crippen molar-refractivity contribution < 1.29 is 13.6 Å². The number of amides is 1. The van der Waals surface area contributed by atoms with E-state index >= 15 is 0 Å². The molecule has 3 aromatic rings. The summed E-state index contributed by atoms with van der Waals surface area (Å²) in [5, 5.41) is 3.39. The zero-order chi connectivity index (χ0) is 21.4. The van der Waals surface area contributed by atoms with Crippen molar-refractivity contribution in [2.45, 2.75) is 13.8 Å². The molecule has 0 bridgehead atoms. The van der Waals surface area contributed by atoms with Crippen LogP contribution < -0.4 is 10.2 Å². The van der Waals surface area contributed by atoms with Crippen molar-refractivity contribution in [1.29, 1.82) is 0 Å². The Morgan fingerprint density at radius 3 is 2.63 bits per heavy atom. The van der Waals surface area contributed by atoms with Gasteiger partial charge in [0.05, 0.1) is 16.0 Å². The molecule has 0 spiro atoms. The van der Waals surface area contributed by atoms with Gasteiger partial charge in [0.2, 0.25) is 0 Å². The van der Waals surface area contributed by atoms with Crippen molar-refractivity contribution in [3.8, 4) is 0 Å². The molecule has 1 aliphatic rings. The van der Waals surface area contributed by atoms with Gasteiger partial charge in [-0.3, -0.25) is 4.79 Å². The highest BCUT2D eigenvalue weighted by atomic mass is 79.9. The highest BCUT2D eigenvalue weighted by Gasteiger charge is 2.25. The number of likely N-dealkylation sites (N-methyl/N-ethyl adjacent to an activating group) is 1. The Morgan fingerprint density at radius 1 is 1.23 bits per heavy atom. The van der Waals surface area contributed by atoms with E-state index in [9.17, 15) is 13.6 Å². The number of piperazine rings is 1. The first-order chi connectivity index (χ1) is 14.4. The number of anilines is 2. The van der Waals surface area contributed by atoms with E-state index < -0.39 is 17.5 Å². The van der Waals surface area contributed by atoms with E-state index in [1.807, 2.05) is 6.92 Å². The molecular formula is C20H20BrF2N5OS. The number of hydrogen-bond donors (Lipinski definition) is 1. The fourth-order valence-electron chi connectivity index (χ4n) is 3.62. The largest absolute Gasteiger partial charge is 0.353 e. The van der Waals surface area contributed by atoms with Crippen LogP contribution >= 0.6 is 27.3 Å². The number of nitrogens with zero attached hydrogens (tertiary/aromatic N) is 4. The minimum Gasteiger partial charge on any atom is -0.353 e. The number of carbonyl (C=O) groups is 1. The first kappa shape index (κ1) is 21.1. The third-order valence-corrected chi connectivity index (χ3v) is 7.10. The Morgan fingerprint density at radius 2 is 1.97 bits per heavy atom. The number of aryl methyl sites for hydroxylation is 1. The molecule has 0 saturated carbocycles. The van der Waals surface area contributed by atoms with E-state index in [4.69, 9.17) is 0 Å². The highest BCUT2D eigenvalue weighted by molar-refractivity contribution is 9.10. The summed E-state index contributed by atoms with van der Waals surface area (Å²) in [6, 6.07) is 1.84. The Kier molecular flexibility index (Phi) is 5.99. The monoisotopic (exact) mass is 495 g/mol. The van der Waals surface area contributed by atoms with E-state index in [1.54, 1.807) is 0 Å². The van der Waals surface area contributed by atoms with E-state index in [2.05, 4.69) is 47.9 Å². The van der Waals surface area contributed by atoms with Crippen molar-refractivity contribution >= 4 is 54.9 Å². The molecular weight excluding hydrogens is 476 g/mol. The standard InChI is InChI=1S/C20H20BrF2N5OS/c1-3-27-4-6-28(7-5-27)18-15-11(2)17(30-20(15)25-10-24-18)19(29)26-16-13(21)8-12(22)9-14(16)23/h8-10H,3-7H2,1-2H3,(H,26,29). The summed E-state index contributed by atoms with van der Waals surface area (Å²) < 4.78 is 27.6. The molecule has 3 heterocycles. The van der Waals surface area contributed by atoms with Crippen LogP contribution in [0.25, 0.3) is 10.2 Å². The summed E-state index contributed by atoms with van der Waals surface area (Å²) in [5.41, 5.74) is 0.653. The summed E-state index contributed by atoms with van der Waals surface area (Å²) in [6.07, 6.45) is 1.51. The number of fused-ring (bicyclic) bond motifs is 1. The summed E-state index contributed by atoms with van der Waals surface area (Å²) in [4.78, 5) is 27.5. The lowest BCUT2D eigenvalue weighted by atomic mass is 10.1. The van der Waals surface area contributed by atoms with Gasteiger partial charge in [0.25, 0.3) is 5.91 Å². The molecule has 1 N–H and O–H groups in total. The third-order valence-electron chi connectivity index (χ3n) is 5.28. The zero-order valence-electron chi connectivity index (χ0n) is 16.5. The number of carbonyl (C=O) groups excluding carboxylic acids is 1. The lowest BCUT2D eigenvalue weighted by Gasteiger charge is -2.35. The molecule has 0 atom stereocenters. The van der Waals surface area contributed by atoms with Crippen LogP contribution in [0.3, 0.4) is 0 Å². The third kappa shape index (κ3) is 3.91. The Bertz CT molecular complexity index is 1090. The molecule has 6 nitrogen and oxygen atoms in total. The summed E-state index contributed by atoms with van der Waals surface area (Å²) in [7, 11) is 0. The molecule has 4 rings (SSSR count). The van der Waals surface area contributed by atoms with Gasteiger partial charge in [0.1, 0.15) is 22.8 Å². The van der Waals surface area contributed by atoms with Crippen LogP contribution in [0.5, 0.6) is 0 Å². The van der Waals surface area contributed by atoms with Crippen LogP contribution in [-0.4, -0.2) is 53.5 Å². The van der Waals surface area contributed by atoms with Crippen molar-refractivity contribution in [2.75, 3.05) is 42.9 Å². The maximum absolute atomic E-state index is 14.1. The van der Waals surface area contributed by atoms with Gasteiger partial charge in [-0.05, 0) is 41.0 Å². The highest BCUT2D eigenvalue weighted by Crippen LogP contribution is 2.36. The maximum atomic E-state index is 14.1. The smallest absolute Gasteiger partial charge is 0.266 e. The predicted octanol–water partition coefficient (Wildman–Crippen LogP) is 4.43. The minimum absolute atomic E-state index is 0.0970. The van der Waals surface area contributed by atoms with Crippen molar-refractivity contribution in [2.24, 2.45) is 0 Å². The number of halogens is 3. The first-order valence-corrected chi connectivity index (χ1v) is 11.2. The van der Waals surface area contributed by atoms with E-state index in [-0.39, 0.29) is 10.2 Å². The molecule has 0 unspecified atom stereocenters. The average Bonchev–Trinajstić information content (AvgIpc) is 3.07. The lowest BCUT2D eigenvalue weighted by Crippen LogP contribution is -2.46. The Hall–Kier alpha value is -2.17. The fourth-order valence-corrected chi connectivity index (χ4v) is 5.16. The van der Waals surface area contributed by atoms with Crippen LogP contribution in [0.1, 0.15) is 22.2 Å². The van der Waals surface area contributed by atoms with Crippen molar-refractivity contribution in [3.05, 3.63) is 45.0 Å². The lowest BCUT2D eigenvalue weighted by molar-refractivity contribution is 0.102. The van der Waals surface area contributed by atoms with E-state index in [1.165, 1.54) is 17.7 Å². The van der Waals surface area contributed by atoms with Gasteiger partial charge in [-0.1, -0.05) is 6.92 Å². The molecule has 10 heteroatoms. The van der Waals surface area contributed by atoms with Crippen LogP contribution in [0, 0.1) is 18.6 Å². The minimum atomic E-state index is -0.844. The normalized spacial score (nSPS) is 15.0. The predicted molar refractivity (Wildman–Crippen MR) is 118 cm³/mol. The molecule has 2 aromatic heterocycles. The van der Waals surface area contributed by atoms with Crippen LogP contribution in [0.4, 0.5) is 20.3 Å². The molecule has 1 aromatic carbocycles. The van der Waals surface area contributed by atoms with E-state index in [0.717, 1.165) is 61.6 Å². The van der Waals surface area contributed by atoms with Gasteiger partial charge >= 0.3 is 0 Å². The van der Waals surface area contributed by atoms with Gasteiger partial charge in [0.15, 0.2) is 5.82 Å². The SMILES string of the molecule is CCN1CCN(c2ncnc3sc(C(=O)Nc4c(F)cc(F)cc4Br)c(C)c23)CC1. The van der Waals surface area contributed by atoms with Crippen molar-refractivity contribution in [1.82, 2.24) is 14.9 Å². The zero-order valence-corrected chi connectivity index (χ0v) is 18.9. The number of rotatable bonds is 4. The van der Waals surface area contributed by atoms with Crippen LogP contribution in [0.15, 0.2) is 22.9 Å². The van der Waals surface area contributed by atoms with Gasteiger partial charge in [-0.25, -0.2) is 18.7 Å². The van der Waals surface area contributed by atoms with Gasteiger partial charge in [-0.15, -0.1) is 11.3 Å². The first-order valence-electron chi connectivity index (χ1n) is 9.56. The summed E-state index contributed by atoms with van der Waals surface area (Å²) >= 11 is 4.34. The van der Waals surface area contributed by atoms with Gasteiger partial charge in [0, 0.05) is 36.7 Å². The second kappa shape index (κ2) is 8.52. The number of aromatic nitrogens is 2. The quantitative estimate of drug-likeness (QED) is 0.579. The van der Waals surface area contributed by atoms with E-state index in [0.29, 0.717) is 9.71 Å². The number of thiophene rings is 1. The number of hydrogen-bond acceptors (Lipinski definition) is 6. The second-order valence-electron chi connectivity index (χ2n) is 7.05. The molecule has 1 saturated heterocycles. The molecule has 1 amide bonds. The summed E-state index contributed by atoms with van der Waals surface area (Å²) in [5.74, 6) is -1.22. The van der Waals surface area contributed by atoms with Crippen molar-refractivity contribution in [3.63, 3.8) is 0 Å². The molecule has 1 aliphatic heterocycles. The average molecular weight is 496 g/mol. The molecule has 30 heavy (non-hydrogen) atoms. The van der Waals surface area contributed by atoms with Crippen LogP contribution in [-0.2, 0) is 0 Å². The van der Waals surface area contributed by atoms with Gasteiger partial charge in [-0.2, -0.15) is 0 Å². The number of nitrogens with one attached hydrogen (secondary N) is 1. The molecule has 158 valence electrons. The Balaban J connectivity index is 1.66. The maximum Gasteiger partial charge on any atom is 0.266 e. The summed E-state index contributed by atoms with van der Waals surface area (Å²) in [6.45, 7) is 8.62. The van der Waals surface area contributed by atoms with Gasteiger partial charge < -0.3 is 15.1 Å². The fraction of sp³-hybridized carbons (Fsp3) is 0.350. The molecule has 0 aliphatic carbocycles. The Labute approximate surface area is 185 Å². The molecule has 0 radical (unpaired) electrons. The number of benzene rings is 1. The molecule has 1 fully saturated rings. The van der Waals surface area contributed by atoms with Crippen LogP contribution in [0.2, 0.25) is 0 Å². The second-order valence-corrected chi connectivity index (χ2v) is 8.91.